The van der Waals surface area contributed by atoms with Crippen LogP contribution in [0.3, 0.4) is 0 Å². The zero-order valence-corrected chi connectivity index (χ0v) is 10.00. The molecule has 2 heterocycles. The van der Waals surface area contributed by atoms with Crippen molar-refractivity contribution in [2.45, 2.75) is 18.9 Å². The molecule has 1 fully saturated rings. The highest BCUT2D eigenvalue weighted by Crippen LogP contribution is 2.25. The number of hydrogen-bond acceptors (Lipinski definition) is 4. The van der Waals surface area contributed by atoms with Gasteiger partial charge in [0.05, 0.1) is 23.2 Å². The number of aromatic nitrogens is 1. The molecule has 2 rings (SSSR count). The zero-order chi connectivity index (χ0) is 11.8. The van der Waals surface area contributed by atoms with Crippen LogP contribution in [0, 0.1) is 0 Å². The summed E-state index contributed by atoms with van der Waals surface area (Å²) in [5, 5.41) is 9.87. The Kier molecular flexibility index (Phi) is 2.82. The van der Waals surface area contributed by atoms with Gasteiger partial charge >= 0.3 is 0 Å². The Hall–Kier alpha value is -1.20. The van der Waals surface area contributed by atoms with Crippen molar-refractivity contribution in [3.63, 3.8) is 0 Å². The highest BCUT2D eigenvalue weighted by Gasteiger charge is 2.31. The SMILES string of the molecule is CC1(O)CCN(c2ccc(C(N)=S)nc2)C1. The molecule has 1 aromatic heterocycles. The highest BCUT2D eigenvalue weighted by molar-refractivity contribution is 7.80. The lowest BCUT2D eigenvalue weighted by atomic mass is 10.1. The van der Waals surface area contributed by atoms with Gasteiger partial charge in [-0.25, -0.2) is 0 Å². The lowest BCUT2D eigenvalue weighted by molar-refractivity contribution is 0.0839. The first-order valence-electron chi connectivity index (χ1n) is 5.21. The third-order valence-corrected chi connectivity index (χ3v) is 3.03. The maximum Gasteiger partial charge on any atom is 0.122 e. The van der Waals surface area contributed by atoms with E-state index < -0.39 is 5.60 Å². The van der Waals surface area contributed by atoms with Gasteiger partial charge in [0.25, 0.3) is 0 Å². The topological polar surface area (TPSA) is 62.4 Å². The van der Waals surface area contributed by atoms with E-state index in [1.54, 1.807) is 6.20 Å². The molecule has 4 nitrogen and oxygen atoms in total. The van der Waals surface area contributed by atoms with Gasteiger partial charge in [-0.1, -0.05) is 12.2 Å². The molecule has 1 aliphatic heterocycles. The van der Waals surface area contributed by atoms with Crippen LogP contribution in [0.25, 0.3) is 0 Å². The van der Waals surface area contributed by atoms with E-state index in [9.17, 15) is 5.11 Å². The molecule has 0 aromatic carbocycles. The fraction of sp³-hybridized carbons (Fsp3) is 0.455. The molecular formula is C11H15N3OS. The van der Waals surface area contributed by atoms with Crippen molar-refractivity contribution >= 4 is 22.9 Å². The normalized spacial score (nSPS) is 24.8. The van der Waals surface area contributed by atoms with Crippen molar-refractivity contribution in [2.24, 2.45) is 5.73 Å². The van der Waals surface area contributed by atoms with Gasteiger partial charge in [-0.2, -0.15) is 0 Å². The molecule has 16 heavy (non-hydrogen) atoms. The van der Waals surface area contributed by atoms with Crippen molar-refractivity contribution in [1.82, 2.24) is 4.98 Å². The van der Waals surface area contributed by atoms with Gasteiger partial charge in [0.15, 0.2) is 0 Å². The number of aliphatic hydroxyl groups is 1. The third-order valence-electron chi connectivity index (χ3n) is 2.82. The first kappa shape index (κ1) is 11.3. The van der Waals surface area contributed by atoms with Crippen molar-refractivity contribution < 1.29 is 5.11 Å². The van der Waals surface area contributed by atoms with Crippen molar-refractivity contribution in [1.29, 1.82) is 0 Å². The number of pyridine rings is 1. The standard InChI is InChI=1S/C11H15N3OS/c1-11(15)4-5-14(7-11)8-2-3-9(10(12)16)13-6-8/h2-3,6,15H,4-5,7H2,1H3,(H2,12,16). The zero-order valence-electron chi connectivity index (χ0n) is 9.18. The van der Waals surface area contributed by atoms with E-state index in [0.29, 0.717) is 17.2 Å². The van der Waals surface area contributed by atoms with E-state index in [1.807, 2.05) is 19.1 Å². The van der Waals surface area contributed by atoms with E-state index in [4.69, 9.17) is 18.0 Å². The molecule has 0 amide bonds. The van der Waals surface area contributed by atoms with Gasteiger partial charge in [0.1, 0.15) is 4.99 Å². The minimum absolute atomic E-state index is 0.306. The number of β-amino-alcohol motifs (C(OH)–C–C–N with tert-alkyl or cyclic N) is 1. The summed E-state index contributed by atoms with van der Waals surface area (Å²) in [7, 11) is 0. The quantitative estimate of drug-likeness (QED) is 0.741. The Morgan fingerprint density at radius 2 is 2.38 bits per heavy atom. The summed E-state index contributed by atoms with van der Waals surface area (Å²) in [5.74, 6) is 0. The second-order valence-corrected chi connectivity index (χ2v) is 4.87. The molecule has 1 unspecified atom stereocenters. The summed E-state index contributed by atoms with van der Waals surface area (Å²) in [6.07, 6.45) is 2.53. The third kappa shape index (κ3) is 2.31. The number of hydrogen-bond donors (Lipinski definition) is 2. The van der Waals surface area contributed by atoms with Crippen molar-refractivity contribution in [2.75, 3.05) is 18.0 Å². The Labute approximate surface area is 100 Å². The first-order valence-corrected chi connectivity index (χ1v) is 5.62. The molecule has 0 bridgehead atoms. The summed E-state index contributed by atoms with van der Waals surface area (Å²) in [6, 6.07) is 3.74. The van der Waals surface area contributed by atoms with Crippen LogP contribution in [0.5, 0.6) is 0 Å². The molecule has 5 heteroatoms. The lowest BCUT2D eigenvalue weighted by Gasteiger charge is -2.20. The van der Waals surface area contributed by atoms with E-state index in [2.05, 4.69) is 9.88 Å². The molecule has 0 aliphatic carbocycles. The van der Waals surface area contributed by atoms with Crippen LogP contribution in [0.4, 0.5) is 5.69 Å². The summed E-state index contributed by atoms with van der Waals surface area (Å²) in [5.41, 5.74) is 6.51. The van der Waals surface area contributed by atoms with Crippen LogP contribution < -0.4 is 10.6 Å². The highest BCUT2D eigenvalue weighted by atomic mass is 32.1. The Bertz CT molecular complexity index is 402. The molecule has 1 aliphatic rings. The summed E-state index contributed by atoms with van der Waals surface area (Å²) in [4.78, 5) is 6.59. The average molecular weight is 237 g/mol. The van der Waals surface area contributed by atoms with Gasteiger partial charge in [-0.3, -0.25) is 4.98 Å². The number of rotatable bonds is 2. The van der Waals surface area contributed by atoms with Crippen LogP contribution in [-0.2, 0) is 0 Å². The number of nitrogens with zero attached hydrogens (tertiary/aromatic N) is 2. The van der Waals surface area contributed by atoms with Gasteiger partial charge in [-0.05, 0) is 25.5 Å². The predicted molar refractivity (Wildman–Crippen MR) is 67.6 cm³/mol. The van der Waals surface area contributed by atoms with E-state index in [1.165, 1.54) is 0 Å². The Balaban J connectivity index is 2.14. The molecule has 86 valence electrons. The number of nitrogens with two attached hydrogens (primary N) is 1. The lowest BCUT2D eigenvalue weighted by Crippen LogP contribution is -2.29. The van der Waals surface area contributed by atoms with E-state index >= 15 is 0 Å². The van der Waals surface area contributed by atoms with Crippen molar-refractivity contribution in [3.8, 4) is 0 Å². The minimum atomic E-state index is -0.595. The number of anilines is 1. The largest absolute Gasteiger partial charge is 0.388 e. The average Bonchev–Trinajstić information content (AvgIpc) is 2.59. The summed E-state index contributed by atoms with van der Waals surface area (Å²) < 4.78 is 0. The van der Waals surface area contributed by atoms with Crippen LogP contribution in [0.15, 0.2) is 18.3 Å². The predicted octanol–water partition coefficient (Wildman–Crippen LogP) is 0.677. The van der Waals surface area contributed by atoms with Crippen LogP contribution in [0.2, 0.25) is 0 Å². The van der Waals surface area contributed by atoms with Gasteiger partial charge in [0.2, 0.25) is 0 Å². The van der Waals surface area contributed by atoms with Gasteiger partial charge in [-0.15, -0.1) is 0 Å². The van der Waals surface area contributed by atoms with Crippen LogP contribution >= 0.6 is 12.2 Å². The minimum Gasteiger partial charge on any atom is -0.388 e. The Morgan fingerprint density at radius 1 is 1.62 bits per heavy atom. The van der Waals surface area contributed by atoms with Gasteiger partial charge < -0.3 is 15.7 Å². The van der Waals surface area contributed by atoms with Crippen LogP contribution in [0.1, 0.15) is 19.0 Å². The summed E-state index contributed by atoms with van der Waals surface area (Å²) >= 11 is 4.84. The molecule has 1 atom stereocenters. The molecule has 0 saturated carbocycles. The molecule has 3 N–H and O–H groups in total. The fourth-order valence-corrected chi connectivity index (χ4v) is 2.01. The molecule has 0 radical (unpaired) electrons. The van der Waals surface area contributed by atoms with Gasteiger partial charge in [0, 0.05) is 13.1 Å². The van der Waals surface area contributed by atoms with Crippen molar-refractivity contribution in [3.05, 3.63) is 24.0 Å². The molecule has 1 aromatic rings. The molecular weight excluding hydrogens is 222 g/mol. The Morgan fingerprint density at radius 3 is 2.81 bits per heavy atom. The van der Waals surface area contributed by atoms with E-state index in [0.717, 1.165) is 18.7 Å². The number of thiocarbonyl (C=S) groups is 1. The summed E-state index contributed by atoms with van der Waals surface area (Å²) in [6.45, 7) is 3.34. The second-order valence-electron chi connectivity index (χ2n) is 4.43. The maximum absolute atomic E-state index is 9.87. The second kappa shape index (κ2) is 3.99. The first-order chi connectivity index (χ1) is 7.48. The monoisotopic (exact) mass is 237 g/mol. The smallest absolute Gasteiger partial charge is 0.122 e. The molecule has 0 spiro atoms. The fourth-order valence-electron chi connectivity index (χ4n) is 1.88. The van der Waals surface area contributed by atoms with E-state index in [-0.39, 0.29) is 0 Å². The molecule has 1 saturated heterocycles. The maximum atomic E-state index is 9.87. The van der Waals surface area contributed by atoms with Crippen LogP contribution in [-0.4, -0.2) is 33.8 Å².